The van der Waals surface area contributed by atoms with Gasteiger partial charge in [-0.25, -0.2) is 0 Å². The normalized spacial score (nSPS) is 14.5. The van der Waals surface area contributed by atoms with Crippen LogP contribution in [0.15, 0.2) is 16.5 Å². The molecule has 0 bridgehead atoms. The summed E-state index contributed by atoms with van der Waals surface area (Å²) in [6, 6.07) is 3.39. The van der Waals surface area contributed by atoms with E-state index in [-0.39, 0.29) is 82.5 Å². The number of carbonyl (C=O) groups is 1. The predicted octanol–water partition coefficient (Wildman–Crippen LogP) is -6.36. The molecular weight excluding hydrogens is 387 g/mol. The number of nitrogen functional groups attached to an aromatic ring is 1. The van der Waals surface area contributed by atoms with Gasteiger partial charge in [0.25, 0.3) is 0 Å². The zero-order valence-electron chi connectivity index (χ0n) is 13.8. The van der Waals surface area contributed by atoms with Gasteiger partial charge in [0.15, 0.2) is 4.34 Å². The molecule has 122 valence electrons. The van der Waals surface area contributed by atoms with Gasteiger partial charge in [0, 0.05) is 11.3 Å². The van der Waals surface area contributed by atoms with Crippen molar-refractivity contribution >= 4 is 41.0 Å². The van der Waals surface area contributed by atoms with E-state index in [0.717, 1.165) is 0 Å². The monoisotopic (exact) mass is 399 g/mol. The number of nitrogens with zero attached hydrogens (tertiary/aromatic N) is 2. The van der Waals surface area contributed by atoms with Gasteiger partial charge in [-0.2, -0.15) is 0 Å². The number of carboxylic acid groups (broad SMARTS) is 1. The summed E-state index contributed by atoms with van der Waals surface area (Å²) in [4.78, 5) is 11.5. The molecule has 0 amide bonds. The average Bonchev–Trinajstić information content (AvgIpc) is 2.88. The summed E-state index contributed by atoms with van der Waals surface area (Å²) >= 11 is 2.47. The van der Waals surface area contributed by atoms with Gasteiger partial charge in [-0.3, -0.25) is 0 Å². The van der Waals surface area contributed by atoms with Crippen LogP contribution in [0.2, 0.25) is 6.32 Å². The second kappa shape index (κ2) is 9.40. The zero-order valence-corrected chi connectivity index (χ0v) is 19.4. The number of fused-ring (bicyclic) bond motifs is 1. The van der Waals surface area contributed by atoms with Gasteiger partial charge < -0.3 is 30.3 Å². The number of benzene rings is 1. The van der Waals surface area contributed by atoms with E-state index in [1.165, 1.54) is 23.1 Å². The number of thioether (sulfide) groups is 1. The molecule has 0 atom stereocenters. The summed E-state index contributed by atoms with van der Waals surface area (Å²) in [5.41, 5.74) is 6.39. The second-order valence-corrected chi connectivity index (χ2v) is 7.32. The summed E-state index contributed by atoms with van der Waals surface area (Å²) in [6.07, 6.45) is 0.348. The average molecular weight is 399 g/mol. The van der Waals surface area contributed by atoms with E-state index in [0.29, 0.717) is 27.0 Å². The van der Waals surface area contributed by atoms with Crippen molar-refractivity contribution in [3.63, 3.8) is 0 Å². The van der Waals surface area contributed by atoms with Crippen molar-refractivity contribution in [3.8, 4) is 5.75 Å². The molecule has 2 aromatic rings. The Morgan fingerprint density at radius 3 is 2.72 bits per heavy atom. The summed E-state index contributed by atoms with van der Waals surface area (Å²) in [5.74, 6) is -1.18. The fourth-order valence-electron chi connectivity index (χ4n) is 2.35. The quantitative estimate of drug-likeness (QED) is 0.338. The summed E-state index contributed by atoms with van der Waals surface area (Å²) in [7, 11) is 0. The first-order valence-electron chi connectivity index (χ1n) is 6.73. The maximum absolute atomic E-state index is 11.5. The van der Waals surface area contributed by atoms with E-state index in [1.54, 1.807) is 12.1 Å². The van der Waals surface area contributed by atoms with E-state index >= 15 is 0 Å². The first kappa shape index (κ1) is 23.2. The van der Waals surface area contributed by atoms with Crippen molar-refractivity contribution in [3.05, 3.63) is 28.8 Å². The Hall–Kier alpha value is 0.185. The third-order valence-corrected chi connectivity index (χ3v) is 5.33. The third kappa shape index (κ3) is 5.58. The Labute approximate surface area is 196 Å². The Kier molecular flexibility index (Phi) is 8.73. The minimum Gasteiger partial charge on any atom is -0.669 e. The minimum atomic E-state index is -3.05. The van der Waals surface area contributed by atoms with Crippen molar-refractivity contribution in [2.24, 2.45) is 0 Å². The minimum absolute atomic E-state index is 0. The third-order valence-electron chi connectivity index (χ3n) is 3.40. The molecule has 0 spiro atoms. The number of carboxylic acids is 1. The largest absolute Gasteiger partial charge is 1.00 e. The SMILES string of the molecule is Nc1nnc(SCc2ccc3c(c2C(=O)[O-])O[B-](O)(O)CC3)s1.[Na+].[Na+]. The Balaban J connectivity index is 0.00000156. The number of aromatic nitrogens is 2. The maximum Gasteiger partial charge on any atom is 1.00 e. The second-order valence-electron chi connectivity index (χ2n) is 5.08. The number of carbonyl (C=O) groups excluding carboxylic acids is 1. The van der Waals surface area contributed by atoms with Crippen molar-refractivity contribution < 1.29 is 83.7 Å². The topological polar surface area (TPSA) is 142 Å². The van der Waals surface area contributed by atoms with Crippen molar-refractivity contribution in [2.45, 2.75) is 22.8 Å². The molecule has 1 aromatic heterocycles. The molecular formula is C12H12BN3Na2O5S2. The van der Waals surface area contributed by atoms with E-state index in [2.05, 4.69) is 10.2 Å². The van der Waals surface area contributed by atoms with Gasteiger partial charge in [0.1, 0.15) is 0 Å². The van der Waals surface area contributed by atoms with Crippen LogP contribution in [-0.4, -0.2) is 33.0 Å². The predicted molar refractivity (Wildman–Crippen MR) is 84.0 cm³/mol. The van der Waals surface area contributed by atoms with Crippen molar-refractivity contribution in [1.82, 2.24) is 10.2 Å². The van der Waals surface area contributed by atoms with Crippen LogP contribution >= 0.6 is 23.1 Å². The number of aromatic carboxylic acids is 1. The van der Waals surface area contributed by atoms with Crippen molar-refractivity contribution in [2.75, 3.05) is 5.73 Å². The molecule has 8 nitrogen and oxygen atoms in total. The number of hydrogen-bond donors (Lipinski definition) is 3. The summed E-state index contributed by atoms with van der Waals surface area (Å²) in [6.45, 7) is -3.05. The molecule has 25 heavy (non-hydrogen) atoms. The van der Waals surface area contributed by atoms with E-state index in [1.807, 2.05) is 0 Å². The van der Waals surface area contributed by atoms with Crippen LogP contribution in [0.25, 0.3) is 0 Å². The Bertz CT molecular complexity index is 777. The first-order chi connectivity index (χ1) is 10.9. The van der Waals surface area contributed by atoms with Crippen LogP contribution in [0.1, 0.15) is 21.5 Å². The molecule has 0 aliphatic carbocycles. The molecule has 2 heterocycles. The summed E-state index contributed by atoms with van der Waals surface area (Å²) < 4.78 is 5.71. The van der Waals surface area contributed by atoms with Gasteiger partial charge in [-0.1, -0.05) is 41.6 Å². The summed E-state index contributed by atoms with van der Waals surface area (Å²) in [5, 5.41) is 38.7. The Morgan fingerprint density at radius 1 is 1.40 bits per heavy atom. The van der Waals surface area contributed by atoms with E-state index in [9.17, 15) is 19.9 Å². The molecule has 0 saturated heterocycles. The van der Waals surface area contributed by atoms with Crippen LogP contribution in [0.3, 0.4) is 0 Å². The number of nitrogens with two attached hydrogens (primary N) is 1. The van der Waals surface area contributed by atoms with Gasteiger partial charge in [0.2, 0.25) is 5.13 Å². The fourth-order valence-corrected chi connectivity index (χ4v) is 3.98. The first-order valence-corrected chi connectivity index (χ1v) is 8.53. The maximum atomic E-state index is 11.5. The number of anilines is 1. The molecule has 4 N–H and O–H groups in total. The fraction of sp³-hybridized carbons (Fsp3) is 0.250. The number of rotatable bonds is 4. The molecule has 0 radical (unpaired) electrons. The smallest absolute Gasteiger partial charge is 0.669 e. The molecule has 0 fully saturated rings. The molecule has 1 aromatic carbocycles. The molecule has 1 aliphatic rings. The van der Waals surface area contributed by atoms with Gasteiger partial charge in [0.05, 0.1) is 11.7 Å². The van der Waals surface area contributed by atoms with Crippen LogP contribution in [-0.2, 0) is 12.2 Å². The molecule has 1 aliphatic heterocycles. The molecule has 3 rings (SSSR count). The van der Waals surface area contributed by atoms with Gasteiger partial charge >= 0.3 is 65.9 Å². The van der Waals surface area contributed by atoms with E-state index in [4.69, 9.17) is 10.4 Å². The van der Waals surface area contributed by atoms with Crippen LogP contribution in [0.5, 0.6) is 5.75 Å². The van der Waals surface area contributed by atoms with Crippen LogP contribution in [0.4, 0.5) is 5.13 Å². The van der Waals surface area contributed by atoms with E-state index < -0.39 is 12.7 Å². The van der Waals surface area contributed by atoms with Gasteiger partial charge in [-0.15, -0.1) is 10.2 Å². The van der Waals surface area contributed by atoms with Crippen molar-refractivity contribution in [1.29, 1.82) is 0 Å². The van der Waals surface area contributed by atoms with Gasteiger partial charge in [-0.05, 0) is 17.5 Å². The Morgan fingerprint density at radius 2 is 2.12 bits per heavy atom. The molecule has 13 heteroatoms. The standard InChI is InChI=1S/C12H13BN3O5S2.2Na/c14-11-15-16-12(23-11)22-5-7-2-1-6-3-4-13(19,20)21-9(6)8(7)10(17)18;;/h1-2,19-20H,3-5H2,(H2,14,15)(H,17,18);;/q-1;2*+1/p-1. The number of hydrogen-bond acceptors (Lipinski definition) is 10. The molecule has 0 saturated carbocycles. The zero-order chi connectivity index (χ0) is 16.6. The van der Waals surface area contributed by atoms with Crippen LogP contribution < -0.4 is 74.6 Å². The molecule has 0 unspecified atom stereocenters. The number of aryl methyl sites for hydroxylation is 1. The van der Waals surface area contributed by atoms with Crippen LogP contribution in [0, 0.1) is 0 Å².